The lowest BCUT2D eigenvalue weighted by Crippen LogP contribution is -2.26. The van der Waals surface area contributed by atoms with Crippen molar-refractivity contribution in [1.82, 2.24) is 14.9 Å². The fourth-order valence-corrected chi connectivity index (χ4v) is 4.05. The van der Waals surface area contributed by atoms with Crippen LogP contribution >= 0.6 is 11.6 Å². The van der Waals surface area contributed by atoms with Crippen molar-refractivity contribution in [3.63, 3.8) is 0 Å². The average molecular weight is 440 g/mol. The molecule has 3 aromatic rings. The minimum atomic E-state index is 0.0659. The molecular formula is C26H34ClN3O. The molecule has 5 heteroatoms. The van der Waals surface area contributed by atoms with Gasteiger partial charge in [0.1, 0.15) is 5.82 Å². The summed E-state index contributed by atoms with van der Waals surface area (Å²) in [7, 11) is 0. The number of carbonyl (C=O) groups is 1. The highest BCUT2D eigenvalue weighted by Crippen LogP contribution is 2.19. The van der Waals surface area contributed by atoms with Gasteiger partial charge in [-0.15, -0.1) is 0 Å². The number of halogens is 1. The summed E-state index contributed by atoms with van der Waals surface area (Å²) in [6.07, 6.45) is 9.59. The Morgan fingerprint density at radius 3 is 2.55 bits per heavy atom. The lowest BCUT2D eigenvalue weighted by Gasteiger charge is -2.09. The van der Waals surface area contributed by atoms with Gasteiger partial charge in [-0.05, 0) is 49.1 Å². The molecule has 2 aromatic carbocycles. The van der Waals surface area contributed by atoms with E-state index in [1.165, 1.54) is 37.0 Å². The predicted molar refractivity (Wildman–Crippen MR) is 130 cm³/mol. The van der Waals surface area contributed by atoms with Crippen molar-refractivity contribution < 1.29 is 4.79 Å². The van der Waals surface area contributed by atoms with Crippen LogP contribution in [0.4, 0.5) is 0 Å². The Hall–Kier alpha value is -2.33. The second-order valence-electron chi connectivity index (χ2n) is 8.19. The molecule has 166 valence electrons. The van der Waals surface area contributed by atoms with Crippen LogP contribution in [0.25, 0.3) is 11.0 Å². The van der Waals surface area contributed by atoms with E-state index >= 15 is 0 Å². The third-order valence-corrected chi connectivity index (χ3v) is 5.90. The van der Waals surface area contributed by atoms with Crippen LogP contribution in [-0.2, 0) is 24.2 Å². The van der Waals surface area contributed by atoms with Gasteiger partial charge < -0.3 is 9.88 Å². The molecule has 3 rings (SSSR count). The van der Waals surface area contributed by atoms with Crippen molar-refractivity contribution in [2.45, 2.75) is 71.3 Å². The number of aryl methyl sites for hydroxylation is 2. The fourth-order valence-electron chi connectivity index (χ4n) is 3.93. The zero-order valence-electron chi connectivity index (χ0n) is 18.6. The number of fused-ring (bicyclic) bond motifs is 1. The zero-order chi connectivity index (χ0) is 21.9. The molecule has 1 aromatic heterocycles. The molecule has 1 heterocycles. The summed E-state index contributed by atoms with van der Waals surface area (Å²) in [5.74, 6) is 1.26. The molecule has 0 radical (unpaired) electrons. The van der Waals surface area contributed by atoms with Crippen molar-refractivity contribution >= 4 is 28.5 Å². The molecular weight excluding hydrogens is 406 g/mol. The Balaban J connectivity index is 1.40. The van der Waals surface area contributed by atoms with Crippen molar-refractivity contribution in [2.24, 2.45) is 0 Å². The molecule has 0 saturated heterocycles. The summed E-state index contributed by atoms with van der Waals surface area (Å²) in [5.41, 5.74) is 3.34. The number of hydrogen-bond acceptors (Lipinski definition) is 2. The van der Waals surface area contributed by atoms with Gasteiger partial charge >= 0.3 is 0 Å². The number of nitrogens with one attached hydrogen (secondary N) is 1. The van der Waals surface area contributed by atoms with Crippen molar-refractivity contribution in [3.8, 4) is 0 Å². The monoisotopic (exact) mass is 439 g/mol. The maximum absolute atomic E-state index is 12.1. The quantitative estimate of drug-likeness (QED) is 0.316. The van der Waals surface area contributed by atoms with Gasteiger partial charge in [0.25, 0.3) is 0 Å². The topological polar surface area (TPSA) is 46.9 Å². The van der Waals surface area contributed by atoms with Crippen LogP contribution in [0.1, 0.15) is 63.3 Å². The first kappa shape index (κ1) is 23.3. The number of imidazole rings is 1. The lowest BCUT2D eigenvalue weighted by molar-refractivity contribution is -0.120. The highest BCUT2D eigenvalue weighted by Gasteiger charge is 2.10. The van der Waals surface area contributed by atoms with E-state index in [4.69, 9.17) is 16.6 Å². The molecule has 0 spiro atoms. The Morgan fingerprint density at radius 1 is 0.968 bits per heavy atom. The summed E-state index contributed by atoms with van der Waals surface area (Å²) in [5, 5.41) is 3.72. The van der Waals surface area contributed by atoms with Gasteiger partial charge in [0.2, 0.25) is 5.91 Å². The first-order valence-electron chi connectivity index (χ1n) is 11.6. The van der Waals surface area contributed by atoms with Crippen LogP contribution in [0.2, 0.25) is 5.02 Å². The maximum Gasteiger partial charge on any atom is 0.224 e. The van der Waals surface area contributed by atoms with E-state index < -0.39 is 0 Å². The van der Waals surface area contributed by atoms with Crippen LogP contribution in [0.3, 0.4) is 0 Å². The Labute approximate surface area is 191 Å². The van der Waals surface area contributed by atoms with E-state index in [9.17, 15) is 4.79 Å². The van der Waals surface area contributed by atoms with Crippen LogP contribution in [-0.4, -0.2) is 22.0 Å². The number of nitrogens with zero attached hydrogens (tertiary/aromatic N) is 2. The van der Waals surface area contributed by atoms with E-state index in [0.717, 1.165) is 49.9 Å². The molecule has 0 fully saturated rings. The third kappa shape index (κ3) is 7.39. The number of hydrogen-bond donors (Lipinski definition) is 1. The number of para-hydroxylation sites is 2. The summed E-state index contributed by atoms with van der Waals surface area (Å²) in [6, 6.07) is 15.9. The Morgan fingerprint density at radius 2 is 1.74 bits per heavy atom. The molecule has 0 bridgehead atoms. The minimum Gasteiger partial charge on any atom is -0.356 e. The third-order valence-electron chi connectivity index (χ3n) is 5.65. The summed E-state index contributed by atoms with van der Waals surface area (Å²) in [6.45, 7) is 4.02. The highest BCUT2D eigenvalue weighted by molar-refractivity contribution is 6.30. The molecule has 1 amide bonds. The predicted octanol–water partition coefficient (Wildman–Crippen LogP) is 6.34. The Kier molecular flexibility index (Phi) is 9.41. The number of amides is 1. The second-order valence-corrected chi connectivity index (χ2v) is 8.63. The SMILES string of the molecule is CCCCCCn1c(CCCCCNC(=O)Cc2ccc(Cl)cc2)nc2ccccc21. The number of rotatable bonds is 13. The lowest BCUT2D eigenvalue weighted by atomic mass is 10.1. The van der Waals surface area contributed by atoms with Crippen LogP contribution in [0.5, 0.6) is 0 Å². The normalized spacial score (nSPS) is 11.2. The van der Waals surface area contributed by atoms with Gasteiger partial charge in [0.15, 0.2) is 0 Å². The summed E-state index contributed by atoms with van der Waals surface area (Å²) in [4.78, 5) is 17.0. The van der Waals surface area contributed by atoms with Gasteiger partial charge in [0, 0.05) is 24.5 Å². The maximum atomic E-state index is 12.1. The van der Waals surface area contributed by atoms with Crippen LogP contribution in [0, 0.1) is 0 Å². The molecule has 0 aliphatic carbocycles. The average Bonchev–Trinajstić information content (AvgIpc) is 3.12. The molecule has 0 aliphatic rings. The molecule has 4 nitrogen and oxygen atoms in total. The fraction of sp³-hybridized carbons (Fsp3) is 0.462. The molecule has 0 saturated carbocycles. The number of aromatic nitrogens is 2. The molecule has 1 N–H and O–H groups in total. The Bertz CT molecular complexity index is 949. The first-order chi connectivity index (χ1) is 15.2. The minimum absolute atomic E-state index is 0.0659. The van der Waals surface area contributed by atoms with Gasteiger partial charge in [-0.1, -0.05) is 68.5 Å². The number of benzene rings is 2. The van der Waals surface area contributed by atoms with Gasteiger partial charge in [0.05, 0.1) is 17.5 Å². The zero-order valence-corrected chi connectivity index (χ0v) is 19.3. The van der Waals surface area contributed by atoms with Gasteiger partial charge in [-0.3, -0.25) is 4.79 Å². The smallest absolute Gasteiger partial charge is 0.224 e. The van der Waals surface area contributed by atoms with Crippen LogP contribution < -0.4 is 5.32 Å². The van der Waals surface area contributed by atoms with Gasteiger partial charge in [-0.25, -0.2) is 4.98 Å². The molecule has 0 aliphatic heterocycles. The number of carbonyl (C=O) groups excluding carboxylic acids is 1. The highest BCUT2D eigenvalue weighted by atomic mass is 35.5. The largest absolute Gasteiger partial charge is 0.356 e. The van der Waals surface area contributed by atoms with E-state index in [1.54, 1.807) is 0 Å². The standard InChI is InChI=1S/C26H34ClN3O/c1-2-3-4-10-19-30-24-12-8-7-11-23(24)29-25(30)13-6-5-9-18-28-26(31)20-21-14-16-22(27)17-15-21/h7-8,11-12,14-17H,2-6,9-10,13,18-20H2,1H3,(H,28,31). The van der Waals surface area contributed by atoms with Gasteiger partial charge in [-0.2, -0.15) is 0 Å². The van der Waals surface area contributed by atoms with Crippen molar-refractivity contribution in [2.75, 3.05) is 6.54 Å². The van der Waals surface area contributed by atoms with Crippen molar-refractivity contribution in [3.05, 3.63) is 64.9 Å². The van der Waals surface area contributed by atoms with E-state index in [1.807, 2.05) is 24.3 Å². The van der Waals surface area contributed by atoms with Crippen LogP contribution in [0.15, 0.2) is 48.5 Å². The van der Waals surface area contributed by atoms with Crippen molar-refractivity contribution in [1.29, 1.82) is 0 Å². The summed E-state index contributed by atoms with van der Waals surface area (Å²) < 4.78 is 2.42. The first-order valence-corrected chi connectivity index (χ1v) is 12.0. The molecule has 0 unspecified atom stereocenters. The molecule has 0 atom stereocenters. The second kappa shape index (κ2) is 12.5. The van der Waals surface area contributed by atoms with E-state index in [-0.39, 0.29) is 5.91 Å². The summed E-state index contributed by atoms with van der Waals surface area (Å²) >= 11 is 5.89. The van der Waals surface area contributed by atoms with E-state index in [0.29, 0.717) is 11.4 Å². The van der Waals surface area contributed by atoms with E-state index in [2.05, 4.69) is 41.1 Å². The number of unbranched alkanes of at least 4 members (excludes halogenated alkanes) is 5. The molecule has 31 heavy (non-hydrogen) atoms.